The molecule has 0 radical (unpaired) electrons. The van der Waals surface area contributed by atoms with Crippen molar-refractivity contribution in [2.75, 3.05) is 18.0 Å². The molecule has 39 heavy (non-hydrogen) atoms. The molecule has 0 saturated heterocycles. The second-order valence-electron chi connectivity index (χ2n) is 9.93. The first-order valence-corrected chi connectivity index (χ1v) is 14.9. The van der Waals surface area contributed by atoms with E-state index in [1.807, 2.05) is 63.2 Å². The van der Waals surface area contributed by atoms with Crippen LogP contribution >= 0.6 is 0 Å². The number of methoxy groups -OCH3 is 1. The van der Waals surface area contributed by atoms with Crippen molar-refractivity contribution in [2.45, 2.75) is 70.0 Å². The van der Waals surface area contributed by atoms with Crippen LogP contribution in [0.15, 0.2) is 65.6 Å². The molecule has 4 rings (SSSR count). The maximum atomic E-state index is 13.7. The molecule has 1 heterocycles. The van der Waals surface area contributed by atoms with Crippen molar-refractivity contribution in [2.24, 2.45) is 0 Å². The van der Waals surface area contributed by atoms with Crippen LogP contribution < -0.4 is 14.4 Å². The van der Waals surface area contributed by atoms with Crippen LogP contribution in [0.5, 0.6) is 5.75 Å². The Morgan fingerprint density at radius 3 is 2.44 bits per heavy atom. The minimum absolute atomic E-state index is 0.00923. The average molecular weight is 552 g/mol. The third kappa shape index (κ3) is 5.88. The molecule has 0 saturated carbocycles. The third-order valence-electron chi connectivity index (χ3n) is 7.31. The van der Waals surface area contributed by atoms with Gasteiger partial charge in [0.25, 0.3) is 10.0 Å². The van der Waals surface area contributed by atoms with Crippen LogP contribution in [0.25, 0.3) is 10.8 Å². The van der Waals surface area contributed by atoms with Crippen molar-refractivity contribution in [3.05, 3.63) is 66.2 Å². The average Bonchev–Trinajstić information content (AvgIpc) is 3.15. The Balaban J connectivity index is 1.53. The van der Waals surface area contributed by atoms with Gasteiger partial charge < -0.3 is 15.0 Å². The van der Waals surface area contributed by atoms with Gasteiger partial charge >= 0.3 is 0 Å². The summed E-state index contributed by atoms with van der Waals surface area (Å²) in [6, 6.07) is 17.6. The summed E-state index contributed by atoms with van der Waals surface area (Å²) in [5.74, 6) is 0.286. The van der Waals surface area contributed by atoms with Gasteiger partial charge in [-0.15, -0.1) is 0 Å². The number of anilines is 1. The van der Waals surface area contributed by atoms with Gasteiger partial charge in [-0.3, -0.25) is 13.9 Å². The van der Waals surface area contributed by atoms with E-state index in [1.165, 1.54) is 4.31 Å². The van der Waals surface area contributed by atoms with E-state index in [2.05, 4.69) is 5.32 Å². The summed E-state index contributed by atoms with van der Waals surface area (Å²) < 4.78 is 33.4. The number of hydrogen-bond donors (Lipinski definition) is 1. The SMILES string of the molecule is CCC(C)NC(=O)C(CC)N(Cc1cccc(OC)c1)C(=O)CCCN1c2cccc3cccc(c23)S1(=O)=O. The van der Waals surface area contributed by atoms with Crippen molar-refractivity contribution in [1.82, 2.24) is 10.2 Å². The number of carbonyl (C=O) groups is 2. The quantitative estimate of drug-likeness (QED) is 0.347. The molecule has 0 aromatic heterocycles. The van der Waals surface area contributed by atoms with Crippen molar-refractivity contribution in [1.29, 1.82) is 0 Å². The summed E-state index contributed by atoms with van der Waals surface area (Å²) in [6.07, 6.45) is 1.66. The first kappa shape index (κ1) is 28.4. The van der Waals surface area contributed by atoms with Crippen molar-refractivity contribution in [3.63, 3.8) is 0 Å². The number of ether oxygens (including phenoxy) is 1. The summed E-state index contributed by atoms with van der Waals surface area (Å²) in [5.41, 5.74) is 1.49. The van der Waals surface area contributed by atoms with Gasteiger partial charge in [0.1, 0.15) is 11.8 Å². The number of nitrogens with zero attached hydrogens (tertiary/aromatic N) is 2. The van der Waals surface area contributed by atoms with Gasteiger partial charge in [-0.05, 0) is 61.4 Å². The van der Waals surface area contributed by atoms with Gasteiger partial charge in [0, 0.05) is 30.9 Å². The molecular formula is C30H37N3O5S. The fourth-order valence-electron chi connectivity index (χ4n) is 5.04. The van der Waals surface area contributed by atoms with Crippen molar-refractivity contribution >= 4 is 38.3 Å². The van der Waals surface area contributed by atoms with Crippen LogP contribution in [0, 0.1) is 0 Å². The maximum absolute atomic E-state index is 13.7. The molecule has 3 aromatic rings. The molecule has 2 atom stereocenters. The van der Waals surface area contributed by atoms with Crippen LogP contribution in [0.1, 0.15) is 52.0 Å². The minimum atomic E-state index is -3.69. The van der Waals surface area contributed by atoms with Crippen molar-refractivity contribution in [3.8, 4) is 5.75 Å². The normalized spacial score (nSPS) is 15.1. The molecule has 2 unspecified atom stereocenters. The number of rotatable bonds is 12. The Bertz CT molecular complexity index is 1450. The summed E-state index contributed by atoms with van der Waals surface area (Å²) in [6.45, 7) is 6.24. The maximum Gasteiger partial charge on any atom is 0.265 e. The van der Waals surface area contributed by atoms with Crippen LogP contribution in [-0.4, -0.2) is 50.9 Å². The summed E-state index contributed by atoms with van der Waals surface area (Å²) in [4.78, 5) is 28.8. The van der Waals surface area contributed by atoms with Crippen LogP contribution in [0.2, 0.25) is 0 Å². The molecule has 0 bridgehead atoms. The molecule has 2 amide bonds. The lowest BCUT2D eigenvalue weighted by Crippen LogP contribution is -2.50. The lowest BCUT2D eigenvalue weighted by Gasteiger charge is -2.32. The summed E-state index contributed by atoms with van der Waals surface area (Å²) in [7, 11) is -2.11. The monoisotopic (exact) mass is 551 g/mol. The van der Waals surface area contributed by atoms with Gasteiger partial charge in [0.05, 0.1) is 17.7 Å². The number of carbonyl (C=O) groups excluding carboxylic acids is 2. The van der Waals surface area contributed by atoms with Crippen molar-refractivity contribution < 1.29 is 22.7 Å². The predicted octanol–water partition coefficient (Wildman–Crippen LogP) is 4.86. The molecule has 0 aliphatic carbocycles. The summed E-state index contributed by atoms with van der Waals surface area (Å²) in [5, 5.41) is 4.60. The second-order valence-corrected chi connectivity index (χ2v) is 11.8. The van der Waals surface area contributed by atoms with E-state index in [1.54, 1.807) is 30.2 Å². The van der Waals surface area contributed by atoms with Gasteiger partial charge in [0.15, 0.2) is 0 Å². The zero-order chi connectivity index (χ0) is 28.2. The number of amides is 2. The minimum Gasteiger partial charge on any atom is -0.497 e. The Morgan fingerprint density at radius 2 is 1.74 bits per heavy atom. The molecule has 9 heteroatoms. The highest BCUT2D eigenvalue weighted by molar-refractivity contribution is 7.93. The standard InChI is InChI=1S/C30H37N3O5S/c1-5-21(3)31-30(35)25(6-2)32(20-22-11-7-14-24(19-22)38-4)28(34)17-10-18-33-26-15-8-12-23-13-9-16-27(29(23)26)39(33,36)37/h7-9,11-16,19,21,25H,5-6,10,17-18,20H2,1-4H3,(H,31,35). The molecular weight excluding hydrogens is 514 g/mol. The highest BCUT2D eigenvalue weighted by Crippen LogP contribution is 2.42. The molecule has 0 spiro atoms. The lowest BCUT2D eigenvalue weighted by molar-refractivity contribution is -0.141. The molecule has 1 aliphatic rings. The Kier molecular flexibility index (Phi) is 8.80. The van der Waals surface area contributed by atoms with E-state index in [0.717, 1.165) is 22.8 Å². The largest absolute Gasteiger partial charge is 0.497 e. The van der Waals surface area contributed by atoms with Gasteiger partial charge in [-0.2, -0.15) is 0 Å². The number of nitrogens with one attached hydrogen (secondary N) is 1. The molecule has 1 aliphatic heterocycles. The summed E-state index contributed by atoms with van der Waals surface area (Å²) >= 11 is 0. The fraction of sp³-hybridized carbons (Fsp3) is 0.400. The van der Waals surface area contributed by atoms with Crippen LogP contribution in [0.4, 0.5) is 5.69 Å². The number of benzene rings is 3. The molecule has 1 N–H and O–H groups in total. The second kappa shape index (κ2) is 12.1. The predicted molar refractivity (Wildman–Crippen MR) is 153 cm³/mol. The Labute approximate surface area is 231 Å². The number of hydrogen-bond acceptors (Lipinski definition) is 5. The molecule has 8 nitrogen and oxygen atoms in total. The van der Waals surface area contributed by atoms with Gasteiger partial charge in [-0.25, -0.2) is 8.42 Å². The van der Waals surface area contributed by atoms with E-state index in [0.29, 0.717) is 29.2 Å². The first-order chi connectivity index (χ1) is 18.7. The van der Waals surface area contributed by atoms with E-state index in [-0.39, 0.29) is 37.4 Å². The van der Waals surface area contributed by atoms with Gasteiger partial charge in [0.2, 0.25) is 11.8 Å². The highest BCUT2D eigenvalue weighted by atomic mass is 32.2. The zero-order valence-electron chi connectivity index (χ0n) is 23.0. The van der Waals surface area contributed by atoms with E-state index >= 15 is 0 Å². The highest BCUT2D eigenvalue weighted by Gasteiger charge is 2.35. The zero-order valence-corrected chi connectivity index (χ0v) is 23.8. The Morgan fingerprint density at radius 1 is 1.03 bits per heavy atom. The first-order valence-electron chi connectivity index (χ1n) is 13.5. The lowest BCUT2D eigenvalue weighted by atomic mass is 10.1. The third-order valence-corrected chi connectivity index (χ3v) is 9.16. The van der Waals surface area contributed by atoms with E-state index < -0.39 is 16.1 Å². The Hall–Kier alpha value is -3.59. The van der Waals surface area contributed by atoms with E-state index in [4.69, 9.17) is 4.74 Å². The fourth-order valence-corrected chi connectivity index (χ4v) is 6.79. The van der Waals surface area contributed by atoms with E-state index in [9.17, 15) is 18.0 Å². The molecule has 208 valence electrons. The van der Waals surface area contributed by atoms with Gasteiger partial charge in [-0.1, -0.05) is 50.2 Å². The molecule has 0 fully saturated rings. The van der Waals surface area contributed by atoms with Crippen LogP contribution in [-0.2, 0) is 26.2 Å². The van der Waals surface area contributed by atoms with Crippen LogP contribution in [0.3, 0.4) is 0 Å². The smallest absolute Gasteiger partial charge is 0.265 e. The number of sulfonamides is 1. The topological polar surface area (TPSA) is 96.0 Å². The molecule has 3 aromatic carbocycles.